The number of guanidine groups is 2. The number of benzene rings is 2. The van der Waals surface area contributed by atoms with Gasteiger partial charge in [0.25, 0.3) is 0 Å². The van der Waals surface area contributed by atoms with Gasteiger partial charge >= 0.3 is 0 Å². The highest BCUT2D eigenvalue weighted by molar-refractivity contribution is 6.24. The van der Waals surface area contributed by atoms with Crippen LogP contribution in [0.5, 0.6) is 0 Å². The van der Waals surface area contributed by atoms with Crippen molar-refractivity contribution in [1.82, 2.24) is 4.90 Å². The topological polar surface area (TPSA) is 102 Å². The second-order valence-corrected chi connectivity index (χ2v) is 10.2. The number of morpholine rings is 2. The fourth-order valence-corrected chi connectivity index (χ4v) is 5.69. The van der Waals surface area contributed by atoms with E-state index in [4.69, 9.17) is 19.5 Å². The molecule has 5 aliphatic rings. The molecule has 2 N–H and O–H groups in total. The van der Waals surface area contributed by atoms with Crippen LogP contribution < -0.4 is 20.4 Å². The first-order valence-corrected chi connectivity index (χ1v) is 14.0. The van der Waals surface area contributed by atoms with Crippen molar-refractivity contribution >= 4 is 52.4 Å². The summed E-state index contributed by atoms with van der Waals surface area (Å²) in [7, 11) is 3.89. The van der Waals surface area contributed by atoms with Crippen LogP contribution in [0.1, 0.15) is 11.1 Å². The number of nitrogens with zero attached hydrogens (tertiary/aromatic N) is 7. The zero-order valence-electron chi connectivity index (χ0n) is 23.3. The van der Waals surface area contributed by atoms with Crippen molar-refractivity contribution < 1.29 is 9.47 Å². The fraction of sp³-hybridized carbons (Fsp3) is 0.333. The van der Waals surface area contributed by atoms with Crippen LogP contribution in [0.3, 0.4) is 0 Å². The van der Waals surface area contributed by atoms with Crippen LogP contribution in [-0.4, -0.2) is 95.6 Å². The second kappa shape index (κ2) is 10.8. The van der Waals surface area contributed by atoms with E-state index in [1.807, 2.05) is 19.0 Å². The molecule has 210 valence electrons. The molecule has 5 aliphatic heterocycles. The SMILES string of the molecule is CNc1cc(N2CCOCC2)ccc1C1=CC2=CC(c3ccc(N4CCOCC4)cc3NC)=NC3=NC=NC(=N1)N23. The van der Waals surface area contributed by atoms with E-state index in [0.717, 1.165) is 92.2 Å². The maximum atomic E-state index is 5.54. The highest BCUT2D eigenvalue weighted by atomic mass is 16.5. The number of anilines is 4. The zero-order valence-corrected chi connectivity index (χ0v) is 23.3. The molecule has 0 radical (unpaired) electrons. The molecule has 41 heavy (non-hydrogen) atoms. The highest BCUT2D eigenvalue weighted by Gasteiger charge is 2.32. The van der Waals surface area contributed by atoms with E-state index in [1.54, 1.807) is 0 Å². The lowest BCUT2D eigenvalue weighted by molar-refractivity contribution is 0.122. The summed E-state index contributed by atoms with van der Waals surface area (Å²) < 4.78 is 11.1. The van der Waals surface area contributed by atoms with Crippen LogP contribution in [0, 0.1) is 0 Å². The van der Waals surface area contributed by atoms with E-state index < -0.39 is 0 Å². The van der Waals surface area contributed by atoms with Crippen LogP contribution in [0.15, 0.2) is 74.2 Å². The van der Waals surface area contributed by atoms with Gasteiger partial charge in [-0.3, -0.25) is 0 Å². The molecule has 0 spiro atoms. The molecule has 0 atom stereocenters. The van der Waals surface area contributed by atoms with Crippen molar-refractivity contribution in [3.63, 3.8) is 0 Å². The van der Waals surface area contributed by atoms with Gasteiger partial charge in [0.1, 0.15) is 6.34 Å². The maximum Gasteiger partial charge on any atom is 0.239 e. The van der Waals surface area contributed by atoms with Gasteiger partial charge in [-0.05, 0) is 48.6 Å². The molecule has 0 aromatic heterocycles. The van der Waals surface area contributed by atoms with E-state index >= 15 is 0 Å². The van der Waals surface area contributed by atoms with E-state index in [1.165, 1.54) is 17.7 Å². The van der Waals surface area contributed by atoms with E-state index in [9.17, 15) is 0 Å². The number of nitrogens with one attached hydrogen (secondary N) is 2. The zero-order chi connectivity index (χ0) is 27.8. The van der Waals surface area contributed by atoms with Gasteiger partial charge in [-0.25, -0.2) is 24.9 Å². The number of aliphatic imine (C=N–C) groups is 4. The van der Waals surface area contributed by atoms with Gasteiger partial charge in [0, 0.05) is 74.2 Å². The smallest absolute Gasteiger partial charge is 0.239 e. The number of hydrogen-bond donors (Lipinski definition) is 2. The Hall–Kier alpha value is -4.48. The lowest BCUT2D eigenvalue weighted by Crippen LogP contribution is -2.40. The van der Waals surface area contributed by atoms with Crippen molar-refractivity contribution in [3.8, 4) is 0 Å². The summed E-state index contributed by atoms with van der Waals surface area (Å²) in [6.07, 6.45) is 5.69. The predicted octanol–water partition coefficient (Wildman–Crippen LogP) is 3.24. The van der Waals surface area contributed by atoms with Gasteiger partial charge in [0.05, 0.1) is 43.5 Å². The van der Waals surface area contributed by atoms with Crippen molar-refractivity contribution in [2.24, 2.45) is 20.0 Å². The van der Waals surface area contributed by atoms with E-state index in [0.29, 0.717) is 11.9 Å². The molecule has 0 unspecified atom stereocenters. The Labute approximate surface area is 239 Å². The molecule has 2 fully saturated rings. The summed E-state index contributed by atoms with van der Waals surface area (Å²) in [6, 6.07) is 12.9. The normalized spacial score (nSPS) is 20.0. The third-order valence-corrected chi connectivity index (χ3v) is 7.86. The summed E-state index contributed by atoms with van der Waals surface area (Å²) in [5.74, 6) is 1.11. The number of hydrogen-bond acceptors (Lipinski definition) is 11. The van der Waals surface area contributed by atoms with Gasteiger partial charge in [0.15, 0.2) is 0 Å². The van der Waals surface area contributed by atoms with Crippen molar-refractivity contribution in [3.05, 3.63) is 65.4 Å². The van der Waals surface area contributed by atoms with Crippen molar-refractivity contribution in [1.29, 1.82) is 0 Å². The third-order valence-electron chi connectivity index (χ3n) is 7.86. The Balaban J connectivity index is 1.25. The number of ether oxygens (including phenoxy) is 2. The Morgan fingerprint density at radius 1 is 0.707 bits per heavy atom. The Bertz CT molecular complexity index is 1470. The van der Waals surface area contributed by atoms with Gasteiger partial charge in [-0.15, -0.1) is 0 Å². The fourth-order valence-electron chi connectivity index (χ4n) is 5.69. The highest BCUT2D eigenvalue weighted by Crippen LogP contribution is 2.36. The Kier molecular flexibility index (Phi) is 6.73. The molecule has 0 bridgehead atoms. The quantitative estimate of drug-likeness (QED) is 0.569. The minimum Gasteiger partial charge on any atom is -0.388 e. The largest absolute Gasteiger partial charge is 0.388 e. The average molecular weight is 552 g/mol. The summed E-state index contributed by atoms with van der Waals surface area (Å²) >= 11 is 0. The molecule has 5 heterocycles. The summed E-state index contributed by atoms with van der Waals surface area (Å²) in [4.78, 5) is 25.4. The van der Waals surface area contributed by atoms with Gasteiger partial charge in [0.2, 0.25) is 11.9 Å². The average Bonchev–Trinajstić information content (AvgIpc) is 3.05. The molecule has 0 aliphatic carbocycles. The Morgan fingerprint density at radius 3 is 1.95 bits per heavy atom. The van der Waals surface area contributed by atoms with E-state index in [-0.39, 0.29) is 0 Å². The van der Waals surface area contributed by atoms with Gasteiger partial charge in [-0.2, -0.15) is 0 Å². The summed E-state index contributed by atoms with van der Waals surface area (Å²) in [5, 5.41) is 6.75. The first-order chi connectivity index (χ1) is 20.2. The van der Waals surface area contributed by atoms with Crippen LogP contribution in [0.4, 0.5) is 22.7 Å². The molecule has 11 nitrogen and oxygen atoms in total. The summed E-state index contributed by atoms with van der Waals surface area (Å²) in [6.45, 7) is 6.53. The monoisotopic (exact) mass is 551 g/mol. The van der Waals surface area contributed by atoms with E-state index in [2.05, 4.69) is 79.0 Å². The number of rotatable bonds is 6. The van der Waals surface area contributed by atoms with Crippen molar-refractivity contribution in [2.45, 2.75) is 0 Å². The first kappa shape index (κ1) is 25.5. The molecule has 0 amide bonds. The molecule has 2 aromatic carbocycles. The van der Waals surface area contributed by atoms with Crippen LogP contribution >= 0.6 is 0 Å². The minimum absolute atomic E-state index is 0.553. The lowest BCUT2D eigenvalue weighted by Gasteiger charge is -2.33. The first-order valence-electron chi connectivity index (χ1n) is 14.0. The van der Waals surface area contributed by atoms with Gasteiger partial charge < -0.3 is 29.9 Å². The molecule has 2 aromatic rings. The predicted molar refractivity (Wildman–Crippen MR) is 166 cm³/mol. The molecular formula is C30H33N9O2. The minimum atomic E-state index is 0.553. The molecule has 2 saturated heterocycles. The lowest BCUT2D eigenvalue weighted by atomic mass is 10.0. The molecule has 0 saturated carbocycles. The molecule has 7 rings (SSSR count). The second-order valence-electron chi connectivity index (χ2n) is 10.2. The molecule has 11 heteroatoms. The van der Waals surface area contributed by atoms with Crippen LogP contribution in [0.25, 0.3) is 5.70 Å². The van der Waals surface area contributed by atoms with Crippen LogP contribution in [0.2, 0.25) is 0 Å². The van der Waals surface area contributed by atoms with Crippen molar-refractivity contribution in [2.75, 3.05) is 87.1 Å². The molecular weight excluding hydrogens is 518 g/mol. The number of allylic oxidation sites excluding steroid dienone is 2. The van der Waals surface area contributed by atoms with Gasteiger partial charge in [-0.1, -0.05) is 0 Å². The third kappa shape index (κ3) is 4.76. The standard InChI is InChI=1S/C30H33N9O2/c1-31-25-15-20(37-7-11-40-12-8-37)3-5-23(25)27-17-22-18-28(36-30-34-19-33-29(35-27)39(22)30)24-6-4-21(16-26(24)32-2)38-9-13-41-14-10-38/h3-6,15-19,31-32H,7-14H2,1-2H3. The van der Waals surface area contributed by atoms with Crippen LogP contribution in [-0.2, 0) is 9.47 Å². The maximum absolute atomic E-state index is 5.54. The summed E-state index contributed by atoms with van der Waals surface area (Å²) in [5.41, 5.74) is 8.95. The Morgan fingerprint density at radius 2 is 1.32 bits per heavy atom.